The molecule has 5 heteroatoms. The number of benzene rings is 2. The molecule has 3 nitrogen and oxygen atoms in total. The maximum atomic E-state index is 13.2. The van der Waals surface area contributed by atoms with Crippen LogP contribution in [0.3, 0.4) is 0 Å². The molecule has 0 fully saturated rings. The van der Waals surface area contributed by atoms with Gasteiger partial charge in [0.15, 0.2) is 11.6 Å². The molecule has 0 heterocycles. The van der Waals surface area contributed by atoms with Crippen LogP contribution in [0.4, 0.5) is 10.1 Å². The molecule has 2 rings (SSSR count). The van der Waals surface area contributed by atoms with Crippen LogP contribution >= 0.6 is 11.6 Å². The van der Waals surface area contributed by atoms with E-state index < -0.39 is 5.82 Å². The summed E-state index contributed by atoms with van der Waals surface area (Å²) in [5.41, 5.74) is 1.36. The molecule has 0 saturated heterocycles. The fourth-order valence-corrected chi connectivity index (χ4v) is 1.86. The minimum absolute atomic E-state index is 0.0470. The molecule has 100 valence electrons. The van der Waals surface area contributed by atoms with Gasteiger partial charge in [-0.25, -0.2) is 4.39 Å². The van der Waals surface area contributed by atoms with Gasteiger partial charge in [-0.3, -0.25) is 0 Å². The van der Waals surface area contributed by atoms with E-state index in [9.17, 15) is 9.50 Å². The number of anilines is 1. The highest BCUT2D eigenvalue weighted by Crippen LogP contribution is 2.28. The van der Waals surface area contributed by atoms with Gasteiger partial charge in [-0.2, -0.15) is 0 Å². The highest BCUT2D eigenvalue weighted by atomic mass is 35.5. The molecule has 0 aromatic heterocycles. The van der Waals surface area contributed by atoms with E-state index in [1.165, 1.54) is 13.2 Å². The molecule has 0 bridgehead atoms. The Labute approximate surface area is 115 Å². The first kappa shape index (κ1) is 13.5. The lowest BCUT2D eigenvalue weighted by Crippen LogP contribution is -2.00. The molecule has 0 amide bonds. The molecule has 0 spiro atoms. The van der Waals surface area contributed by atoms with E-state index in [0.717, 1.165) is 0 Å². The van der Waals surface area contributed by atoms with Crippen molar-refractivity contribution in [3.05, 3.63) is 52.8 Å². The minimum Gasteiger partial charge on any atom is -0.506 e. The molecule has 0 aliphatic rings. The predicted octanol–water partition coefficient (Wildman–Crippen LogP) is 3.81. The monoisotopic (exact) mass is 281 g/mol. The van der Waals surface area contributed by atoms with E-state index in [4.69, 9.17) is 16.3 Å². The Balaban J connectivity index is 2.12. The Bertz CT molecular complexity index is 590. The van der Waals surface area contributed by atoms with Crippen molar-refractivity contribution >= 4 is 17.3 Å². The number of para-hydroxylation sites is 1. The highest BCUT2D eigenvalue weighted by molar-refractivity contribution is 6.32. The lowest BCUT2D eigenvalue weighted by molar-refractivity contribution is 0.387. The van der Waals surface area contributed by atoms with Gasteiger partial charge < -0.3 is 15.2 Å². The number of halogens is 2. The van der Waals surface area contributed by atoms with Crippen molar-refractivity contribution in [3.63, 3.8) is 0 Å². The zero-order chi connectivity index (χ0) is 13.8. The van der Waals surface area contributed by atoms with Gasteiger partial charge in [-0.1, -0.05) is 23.7 Å². The SMILES string of the molecule is COc1cc(NCc2cccc(Cl)c2O)ccc1F. The van der Waals surface area contributed by atoms with Crippen LogP contribution < -0.4 is 10.1 Å². The van der Waals surface area contributed by atoms with Crippen molar-refractivity contribution in [3.8, 4) is 11.5 Å². The summed E-state index contributed by atoms with van der Waals surface area (Å²) in [6.07, 6.45) is 0. The van der Waals surface area contributed by atoms with Crippen LogP contribution in [0.5, 0.6) is 11.5 Å². The molecule has 19 heavy (non-hydrogen) atoms. The second-order valence-corrected chi connectivity index (χ2v) is 4.36. The van der Waals surface area contributed by atoms with Crippen LogP contribution in [0.1, 0.15) is 5.56 Å². The van der Waals surface area contributed by atoms with Crippen molar-refractivity contribution in [2.75, 3.05) is 12.4 Å². The van der Waals surface area contributed by atoms with Gasteiger partial charge in [0.25, 0.3) is 0 Å². The van der Waals surface area contributed by atoms with Gasteiger partial charge in [-0.05, 0) is 18.2 Å². The van der Waals surface area contributed by atoms with Gasteiger partial charge in [0.05, 0.1) is 12.1 Å². The molecule has 0 radical (unpaired) electrons. The summed E-state index contributed by atoms with van der Waals surface area (Å²) in [4.78, 5) is 0. The Morgan fingerprint density at radius 2 is 2.11 bits per heavy atom. The summed E-state index contributed by atoms with van der Waals surface area (Å²) in [5, 5.41) is 13.1. The van der Waals surface area contributed by atoms with E-state index in [0.29, 0.717) is 22.8 Å². The average molecular weight is 282 g/mol. The number of rotatable bonds is 4. The van der Waals surface area contributed by atoms with Crippen molar-refractivity contribution < 1.29 is 14.2 Å². The van der Waals surface area contributed by atoms with Crippen LogP contribution in [0.25, 0.3) is 0 Å². The number of hydrogen-bond donors (Lipinski definition) is 2. The molecule has 0 atom stereocenters. The first-order chi connectivity index (χ1) is 9.11. The van der Waals surface area contributed by atoms with E-state index >= 15 is 0 Å². The first-order valence-electron chi connectivity index (χ1n) is 5.65. The number of ether oxygens (including phenoxy) is 1. The van der Waals surface area contributed by atoms with Crippen molar-refractivity contribution in [2.24, 2.45) is 0 Å². The third kappa shape index (κ3) is 3.09. The minimum atomic E-state index is -0.418. The lowest BCUT2D eigenvalue weighted by Gasteiger charge is -2.10. The van der Waals surface area contributed by atoms with Gasteiger partial charge in [-0.15, -0.1) is 0 Å². The van der Waals surface area contributed by atoms with Crippen molar-refractivity contribution in [1.82, 2.24) is 0 Å². The first-order valence-corrected chi connectivity index (χ1v) is 6.03. The van der Waals surface area contributed by atoms with E-state index in [-0.39, 0.29) is 11.5 Å². The summed E-state index contributed by atoms with van der Waals surface area (Å²) in [6.45, 7) is 0.376. The average Bonchev–Trinajstić information content (AvgIpc) is 2.42. The summed E-state index contributed by atoms with van der Waals surface area (Å²) >= 11 is 5.82. The Morgan fingerprint density at radius 1 is 1.32 bits per heavy atom. The zero-order valence-corrected chi connectivity index (χ0v) is 11.0. The third-order valence-electron chi connectivity index (χ3n) is 2.70. The summed E-state index contributed by atoms with van der Waals surface area (Å²) < 4.78 is 18.1. The molecule has 0 aliphatic heterocycles. The van der Waals surface area contributed by atoms with Crippen LogP contribution in [0.15, 0.2) is 36.4 Å². The fraction of sp³-hybridized carbons (Fsp3) is 0.143. The van der Waals surface area contributed by atoms with E-state index in [1.807, 2.05) is 0 Å². The molecule has 0 saturated carbocycles. The van der Waals surface area contributed by atoms with Crippen LogP contribution in [-0.2, 0) is 6.54 Å². The second kappa shape index (κ2) is 5.80. The highest BCUT2D eigenvalue weighted by Gasteiger charge is 2.06. The van der Waals surface area contributed by atoms with Gasteiger partial charge in [0.2, 0.25) is 0 Å². The quantitative estimate of drug-likeness (QED) is 0.895. The van der Waals surface area contributed by atoms with E-state index in [1.54, 1.807) is 30.3 Å². The number of methoxy groups -OCH3 is 1. The normalized spacial score (nSPS) is 10.3. The number of phenols is 1. The van der Waals surface area contributed by atoms with Gasteiger partial charge >= 0.3 is 0 Å². The zero-order valence-electron chi connectivity index (χ0n) is 10.3. The van der Waals surface area contributed by atoms with Crippen molar-refractivity contribution in [2.45, 2.75) is 6.54 Å². The van der Waals surface area contributed by atoms with Crippen LogP contribution in [-0.4, -0.2) is 12.2 Å². The number of nitrogens with one attached hydrogen (secondary N) is 1. The number of aromatic hydroxyl groups is 1. The molecular weight excluding hydrogens is 269 g/mol. The molecular formula is C14H13ClFNO2. The molecule has 2 N–H and O–H groups in total. The topological polar surface area (TPSA) is 41.5 Å². The van der Waals surface area contributed by atoms with E-state index in [2.05, 4.69) is 5.32 Å². The lowest BCUT2D eigenvalue weighted by atomic mass is 10.2. The molecule has 2 aromatic carbocycles. The second-order valence-electron chi connectivity index (χ2n) is 3.95. The molecule has 0 unspecified atom stereocenters. The summed E-state index contributed by atoms with van der Waals surface area (Å²) in [5.74, 6) is -0.204. The third-order valence-corrected chi connectivity index (χ3v) is 3.01. The number of phenolic OH excluding ortho intramolecular Hbond substituents is 1. The summed E-state index contributed by atoms with van der Waals surface area (Å²) in [6, 6.07) is 9.59. The maximum absolute atomic E-state index is 13.2. The van der Waals surface area contributed by atoms with Gasteiger partial charge in [0, 0.05) is 23.9 Å². The van der Waals surface area contributed by atoms with Crippen LogP contribution in [0, 0.1) is 5.82 Å². The largest absolute Gasteiger partial charge is 0.506 e. The van der Waals surface area contributed by atoms with Crippen LogP contribution in [0.2, 0.25) is 5.02 Å². The van der Waals surface area contributed by atoms with Crippen molar-refractivity contribution in [1.29, 1.82) is 0 Å². The molecule has 0 aliphatic carbocycles. The molecule has 2 aromatic rings. The predicted molar refractivity (Wildman–Crippen MR) is 73.4 cm³/mol. The Hall–Kier alpha value is -1.94. The maximum Gasteiger partial charge on any atom is 0.165 e. The Kier molecular flexibility index (Phi) is 4.12. The standard InChI is InChI=1S/C14H13ClFNO2/c1-19-13-7-10(5-6-12(13)16)17-8-9-3-2-4-11(15)14(9)18/h2-7,17-18H,8H2,1H3. The fourth-order valence-electron chi connectivity index (χ4n) is 1.67. The van der Waals surface area contributed by atoms with Gasteiger partial charge in [0.1, 0.15) is 5.75 Å². The summed E-state index contributed by atoms with van der Waals surface area (Å²) in [7, 11) is 1.41. The smallest absolute Gasteiger partial charge is 0.165 e. The number of hydrogen-bond acceptors (Lipinski definition) is 3. The Morgan fingerprint density at radius 3 is 2.84 bits per heavy atom.